The molecule has 1 saturated carbocycles. The largest absolute Gasteiger partial charge is 0.378 e. The molecule has 0 spiro atoms. The van der Waals surface area contributed by atoms with Crippen LogP contribution < -0.4 is 11.1 Å². The van der Waals surface area contributed by atoms with Crippen LogP contribution in [0.4, 0.5) is 0 Å². The van der Waals surface area contributed by atoms with Crippen molar-refractivity contribution in [3.8, 4) is 0 Å². The molecule has 2 rings (SSSR count). The lowest BCUT2D eigenvalue weighted by molar-refractivity contribution is -0.00981. The fourth-order valence-electron chi connectivity index (χ4n) is 2.41. The van der Waals surface area contributed by atoms with Crippen molar-refractivity contribution < 1.29 is 4.74 Å². The molecule has 1 aliphatic rings. The predicted molar refractivity (Wildman–Crippen MR) is 74.4 cm³/mol. The number of hydrogen-bond donors (Lipinski definition) is 2. The van der Waals surface area contributed by atoms with E-state index in [1.807, 2.05) is 18.2 Å². The van der Waals surface area contributed by atoms with Gasteiger partial charge in [0.1, 0.15) is 0 Å². The van der Waals surface area contributed by atoms with E-state index in [1.54, 1.807) is 0 Å². The molecule has 0 bridgehead atoms. The molecule has 3 heteroatoms. The van der Waals surface area contributed by atoms with E-state index in [-0.39, 0.29) is 6.04 Å². The van der Waals surface area contributed by atoms with Gasteiger partial charge >= 0.3 is 0 Å². The Kier molecular flexibility index (Phi) is 5.17. The fourth-order valence-corrected chi connectivity index (χ4v) is 2.41. The van der Waals surface area contributed by atoms with Gasteiger partial charge in [0.05, 0.1) is 6.10 Å². The van der Waals surface area contributed by atoms with Crippen molar-refractivity contribution in [2.24, 2.45) is 5.73 Å². The highest BCUT2D eigenvalue weighted by Gasteiger charge is 2.28. The molecule has 1 unspecified atom stereocenters. The van der Waals surface area contributed by atoms with Crippen LogP contribution in [0.2, 0.25) is 0 Å². The number of benzene rings is 1. The van der Waals surface area contributed by atoms with Gasteiger partial charge in [-0.1, -0.05) is 30.3 Å². The molecule has 0 radical (unpaired) electrons. The Morgan fingerprint density at radius 2 is 2.06 bits per heavy atom. The highest BCUT2D eigenvalue weighted by Crippen LogP contribution is 2.23. The van der Waals surface area contributed by atoms with E-state index in [9.17, 15) is 0 Å². The summed E-state index contributed by atoms with van der Waals surface area (Å²) in [6, 6.07) is 11.1. The van der Waals surface area contributed by atoms with Crippen LogP contribution in [0.1, 0.15) is 37.8 Å². The minimum atomic E-state index is 0.140. The molecule has 0 saturated heterocycles. The van der Waals surface area contributed by atoms with Crippen molar-refractivity contribution in [2.45, 2.75) is 44.4 Å². The standard InChI is InChI=1S/C15H24N2O/c1-2-18-14-10-13(11-14)17-9-8-15(16)12-6-4-3-5-7-12/h3-7,13-15,17H,2,8-11,16H2,1H3. The smallest absolute Gasteiger partial charge is 0.0604 e. The molecule has 0 aliphatic heterocycles. The van der Waals surface area contributed by atoms with Gasteiger partial charge in [0.15, 0.2) is 0 Å². The maximum atomic E-state index is 6.15. The van der Waals surface area contributed by atoms with Crippen molar-refractivity contribution in [3.63, 3.8) is 0 Å². The number of nitrogens with one attached hydrogen (secondary N) is 1. The fraction of sp³-hybridized carbons (Fsp3) is 0.600. The first-order valence-corrected chi connectivity index (χ1v) is 6.95. The second kappa shape index (κ2) is 6.88. The molecule has 3 N–H and O–H groups in total. The molecule has 0 amide bonds. The van der Waals surface area contributed by atoms with Crippen LogP contribution in [0.3, 0.4) is 0 Å². The van der Waals surface area contributed by atoms with E-state index in [4.69, 9.17) is 10.5 Å². The van der Waals surface area contributed by atoms with Gasteiger partial charge in [0.25, 0.3) is 0 Å². The van der Waals surface area contributed by atoms with Crippen molar-refractivity contribution >= 4 is 0 Å². The maximum Gasteiger partial charge on any atom is 0.0604 e. The molecular weight excluding hydrogens is 224 g/mol. The van der Waals surface area contributed by atoms with E-state index in [2.05, 4.69) is 24.4 Å². The summed E-state index contributed by atoms with van der Waals surface area (Å²) in [5.74, 6) is 0. The first-order valence-electron chi connectivity index (χ1n) is 6.95. The second-order valence-electron chi connectivity index (χ2n) is 5.01. The van der Waals surface area contributed by atoms with Crippen LogP contribution in [0, 0.1) is 0 Å². The number of hydrogen-bond acceptors (Lipinski definition) is 3. The molecular formula is C15H24N2O. The van der Waals surface area contributed by atoms with E-state index in [1.165, 1.54) is 5.56 Å². The van der Waals surface area contributed by atoms with Crippen molar-refractivity contribution in [1.29, 1.82) is 0 Å². The summed E-state index contributed by atoms with van der Waals surface area (Å²) < 4.78 is 5.54. The normalized spacial score (nSPS) is 24.6. The third-order valence-corrected chi connectivity index (χ3v) is 3.61. The minimum absolute atomic E-state index is 0.140. The predicted octanol–water partition coefficient (Wildman–Crippen LogP) is 2.23. The van der Waals surface area contributed by atoms with Gasteiger partial charge in [0, 0.05) is 18.7 Å². The summed E-state index contributed by atoms with van der Waals surface area (Å²) in [6.45, 7) is 3.87. The molecule has 1 aliphatic carbocycles. The zero-order chi connectivity index (χ0) is 12.8. The Balaban J connectivity index is 1.59. The summed E-state index contributed by atoms with van der Waals surface area (Å²) in [6.07, 6.45) is 3.76. The lowest BCUT2D eigenvalue weighted by Gasteiger charge is -2.35. The first kappa shape index (κ1) is 13.5. The molecule has 1 fully saturated rings. The van der Waals surface area contributed by atoms with E-state index < -0.39 is 0 Å². The first-order chi connectivity index (χ1) is 8.79. The summed E-state index contributed by atoms with van der Waals surface area (Å²) in [7, 11) is 0. The number of nitrogens with two attached hydrogens (primary N) is 1. The van der Waals surface area contributed by atoms with Gasteiger partial charge in [-0.05, 0) is 38.3 Å². The van der Waals surface area contributed by atoms with Gasteiger partial charge < -0.3 is 15.8 Å². The van der Waals surface area contributed by atoms with Crippen LogP contribution in [-0.2, 0) is 4.74 Å². The zero-order valence-corrected chi connectivity index (χ0v) is 11.1. The van der Waals surface area contributed by atoms with E-state index in [0.29, 0.717) is 12.1 Å². The number of rotatable bonds is 7. The Labute approximate surface area is 110 Å². The van der Waals surface area contributed by atoms with E-state index >= 15 is 0 Å². The van der Waals surface area contributed by atoms with Gasteiger partial charge in [-0.15, -0.1) is 0 Å². The summed E-state index contributed by atoms with van der Waals surface area (Å²) in [5.41, 5.74) is 7.37. The van der Waals surface area contributed by atoms with Crippen LogP contribution >= 0.6 is 0 Å². The van der Waals surface area contributed by atoms with Crippen LogP contribution in [0.25, 0.3) is 0 Å². The van der Waals surface area contributed by atoms with Crippen molar-refractivity contribution in [1.82, 2.24) is 5.32 Å². The van der Waals surface area contributed by atoms with E-state index in [0.717, 1.165) is 32.4 Å². The third kappa shape index (κ3) is 3.80. The van der Waals surface area contributed by atoms with Crippen molar-refractivity contribution in [2.75, 3.05) is 13.2 Å². The van der Waals surface area contributed by atoms with Crippen molar-refractivity contribution in [3.05, 3.63) is 35.9 Å². The molecule has 1 atom stereocenters. The van der Waals surface area contributed by atoms with Gasteiger partial charge in [-0.2, -0.15) is 0 Å². The molecule has 3 nitrogen and oxygen atoms in total. The monoisotopic (exact) mass is 248 g/mol. The molecule has 100 valence electrons. The Morgan fingerprint density at radius 3 is 2.72 bits per heavy atom. The number of ether oxygens (including phenoxy) is 1. The topological polar surface area (TPSA) is 47.3 Å². The average molecular weight is 248 g/mol. The summed E-state index contributed by atoms with van der Waals surface area (Å²) in [5, 5.41) is 3.55. The molecule has 0 heterocycles. The van der Waals surface area contributed by atoms with Gasteiger partial charge in [-0.3, -0.25) is 0 Å². The molecule has 1 aromatic rings. The van der Waals surface area contributed by atoms with Crippen LogP contribution in [0.5, 0.6) is 0 Å². The SMILES string of the molecule is CCOC1CC(NCCC(N)c2ccccc2)C1. The molecule has 18 heavy (non-hydrogen) atoms. The average Bonchev–Trinajstić information content (AvgIpc) is 2.36. The zero-order valence-electron chi connectivity index (χ0n) is 11.1. The van der Waals surface area contributed by atoms with Gasteiger partial charge in [0.2, 0.25) is 0 Å². The quantitative estimate of drug-likeness (QED) is 0.778. The summed E-state index contributed by atoms with van der Waals surface area (Å²) >= 11 is 0. The maximum absolute atomic E-state index is 6.15. The highest BCUT2D eigenvalue weighted by atomic mass is 16.5. The summed E-state index contributed by atoms with van der Waals surface area (Å²) in [4.78, 5) is 0. The minimum Gasteiger partial charge on any atom is -0.378 e. The van der Waals surface area contributed by atoms with Crippen LogP contribution in [0.15, 0.2) is 30.3 Å². The Hall–Kier alpha value is -0.900. The Morgan fingerprint density at radius 1 is 1.33 bits per heavy atom. The molecule has 0 aromatic heterocycles. The lowest BCUT2D eigenvalue weighted by atomic mass is 9.89. The van der Waals surface area contributed by atoms with Gasteiger partial charge in [-0.25, -0.2) is 0 Å². The Bertz CT molecular complexity index is 336. The van der Waals surface area contributed by atoms with Crippen LogP contribution in [-0.4, -0.2) is 25.3 Å². The molecule has 1 aromatic carbocycles. The second-order valence-corrected chi connectivity index (χ2v) is 5.01. The lowest BCUT2D eigenvalue weighted by Crippen LogP contribution is -2.46. The third-order valence-electron chi connectivity index (χ3n) is 3.61. The highest BCUT2D eigenvalue weighted by molar-refractivity contribution is 5.18.